The van der Waals surface area contributed by atoms with Crippen molar-refractivity contribution < 1.29 is 19.3 Å². The first kappa shape index (κ1) is 14.8. The van der Waals surface area contributed by atoms with Crippen LogP contribution in [0.25, 0.3) is 0 Å². The highest BCUT2D eigenvalue weighted by atomic mass is 16.5. The molecular formula is C13H19BN2O4. The number of pyridine rings is 1. The predicted octanol–water partition coefficient (Wildman–Crippen LogP) is 0.634. The molecule has 0 amide bonds. The molecule has 0 bridgehead atoms. The van der Waals surface area contributed by atoms with Gasteiger partial charge in [0.1, 0.15) is 5.82 Å². The average molecular weight is 278 g/mol. The number of esters is 1. The molecule has 0 radical (unpaired) electrons. The Hall–Kier alpha value is -1.60. The van der Waals surface area contributed by atoms with Gasteiger partial charge in [0.15, 0.2) is 0 Å². The summed E-state index contributed by atoms with van der Waals surface area (Å²) in [4.78, 5) is 17.8. The molecule has 0 atom stereocenters. The first-order chi connectivity index (χ1) is 9.61. The van der Waals surface area contributed by atoms with Gasteiger partial charge in [-0.05, 0) is 19.8 Å². The van der Waals surface area contributed by atoms with Crippen molar-refractivity contribution in [3.8, 4) is 0 Å². The van der Waals surface area contributed by atoms with Crippen LogP contribution in [0.1, 0.15) is 18.2 Å². The molecule has 1 aromatic heterocycles. The highest BCUT2D eigenvalue weighted by Gasteiger charge is 2.24. The zero-order valence-corrected chi connectivity index (χ0v) is 11.8. The van der Waals surface area contributed by atoms with Crippen LogP contribution < -0.4 is 4.81 Å². The van der Waals surface area contributed by atoms with Crippen LogP contribution in [0.15, 0.2) is 12.1 Å². The third-order valence-corrected chi connectivity index (χ3v) is 3.10. The number of aromatic nitrogens is 1. The van der Waals surface area contributed by atoms with Gasteiger partial charge in [-0.3, -0.25) is 4.79 Å². The van der Waals surface area contributed by atoms with E-state index in [-0.39, 0.29) is 12.4 Å². The molecule has 2 heterocycles. The molecule has 0 unspecified atom stereocenters. The second kappa shape index (κ2) is 6.72. The lowest BCUT2D eigenvalue weighted by Gasteiger charge is -2.24. The molecule has 1 aliphatic rings. The molecule has 7 heteroatoms. The maximum Gasteiger partial charge on any atom is 0.410 e. The number of hydrogen-bond acceptors (Lipinski definition) is 6. The summed E-state index contributed by atoms with van der Waals surface area (Å²) in [6.45, 7) is 5.39. The second-order valence-electron chi connectivity index (χ2n) is 4.64. The summed E-state index contributed by atoms with van der Waals surface area (Å²) < 4.78 is 10.4. The summed E-state index contributed by atoms with van der Waals surface area (Å²) in [7, 11) is -0.652. The van der Waals surface area contributed by atoms with Gasteiger partial charge in [-0.25, -0.2) is 4.98 Å². The van der Waals surface area contributed by atoms with Gasteiger partial charge in [0, 0.05) is 12.1 Å². The van der Waals surface area contributed by atoms with E-state index in [1.807, 2.05) is 6.07 Å². The van der Waals surface area contributed by atoms with Gasteiger partial charge < -0.3 is 19.3 Å². The van der Waals surface area contributed by atoms with Crippen molar-refractivity contribution in [1.29, 1.82) is 0 Å². The molecular weight excluding hydrogens is 259 g/mol. The lowest BCUT2D eigenvalue weighted by atomic mass is 9.84. The topological polar surface area (TPSA) is 71.9 Å². The van der Waals surface area contributed by atoms with Crippen LogP contribution in [0.5, 0.6) is 0 Å². The maximum atomic E-state index is 11.5. The summed E-state index contributed by atoms with van der Waals surface area (Å²) in [6.07, 6.45) is 0.135. The molecule has 0 saturated carbocycles. The minimum absolute atomic E-state index is 0.135. The van der Waals surface area contributed by atoms with Gasteiger partial charge in [-0.1, -0.05) is 6.07 Å². The van der Waals surface area contributed by atoms with Crippen LogP contribution in [-0.2, 0) is 27.3 Å². The largest absolute Gasteiger partial charge is 0.466 e. The van der Waals surface area contributed by atoms with Crippen molar-refractivity contribution >= 4 is 18.8 Å². The van der Waals surface area contributed by atoms with E-state index in [0.29, 0.717) is 37.9 Å². The zero-order chi connectivity index (χ0) is 14.5. The smallest absolute Gasteiger partial charge is 0.410 e. The molecule has 6 nitrogen and oxygen atoms in total. The van der Waals surface area contributed by atoms with Gasteiger partial charge >= 0.3 is 13.0 Å². The van der Waals surface area contributed by atoms with Crippen molar-refractivity contribution in [3.05, 3.63) is 23.4 Å². The van der Waals surface area contributed by atoms with Gasteiger partial charge in [-0.2, -0.15) is 0 Å². The Bertz CT molecular complexity index is 481. The van der Waals surface area contributed by atoms with E-state index in [2.05, 4.69) is 4.98 Å². The molecule has 0 fully saturated rings. The summed E-state index contributed by atoms with van der Waals surface area (Å²) >= 11 is 0. The zero-order valence-electron chi connectivity index (χ0n) is 11.8. The molecule has 1 N–H and O–H groups in total. The summed E-state index contributed by atoms with van der Waals surface area (Å²) in [6, 6.07) is 3.68. The number of ether oxygens (including phenoxy) is 2. The van der Waals surface area contributed by atoms with Crippen LogP contribution >= 0.6 is 0 Å². The molecule has 0 aliphatic carbocycles. The second-order valence-corrected chi connectivity index (χ2v) is 4.64. The van der Waals surface area contributed by atoms with Crippen LogP contribution in [-0.4, -0.2) is 42.8 Å². The van der Waals surface area contributed by atoms with E-state index in [4.69, 9.17) is 9.47 Å². The average Bonchev–Trinajstić information content (AvgIpc) is 2.60. The number of carbonyl (C=O) groups excluding carboxylic acids is 1. The third-order valence-electron chi connectivity index (χ3n) is 3.10. The fourth-order valence-corrected chi connectivity index (χ4v) is 2.15. The number of hydrogen-bond donors (Lipinski definition) is 1. The molecule has 0 spiro atoms. The van der Waals surface area contributed by atoms with Crippen molar-refractivity contribution in [3.63, 3.8) is 0 Å². The molecule has 0 saturated heterocycles. The lowest BCUT2D eigenvalue weighted by Crippen LogP contribution is -2.39. The SMILES string of the molecule is CCOC(=O)Cc1ccc2c(n1)N(B(C)O)CCOC2. The normalized spacial score (nSPS) is 14.4. The van der Waals surface area contributed by atoms with Crippen LogP contribution in [0.3, 0.4) is 0 Å². The van der Waals surface area contributed by atoms with Crippen molar-refractivity contribution in [2.24, 2.45) is 0 Å². The van der Waals surface area contributed by atoms with Gasteiger partial charge in [0.25, 0.3) is 0 Å². The Morgan fingerprint density at radius 3 is 3.10 bits per heavy atom. The Morgan fingerprint density at radius 2 is 2.40 bits per heavy atom. The molecule has 108 valence electrons. The minimum atomic E-state index is -0.652. The number of carbonyl (C=O) groups is 1. The molecule has 1 aromatic rings. The highest BCUT2D eigenvalue weighted by Crippen LogP contribution is 2.23. The fraction of sp³-hybridized carbons (Fsp3) is 0.538. The molecule has 0 aromatic carbocycles. The minimum Gasteiger partial charge on any atom is -0.466 e. The van der Waals surface area contributed by atoms with Crippen LogP contribution in [0.2, 0.25) is 6.82 Å². The Balaban J connectivity index is 2.24. The van der Waals surface area contributed by atoms with Gasteiger partial charge in [0.05, 0.1) is 31.9 Å². The van der Waals surface area contributed by atoms with Crippen LogP contribution in [0, 0.1) is 0 Å². The highest BCUT2D eigenvalue weighted by molar-refractivity contribution is 6.53. The number of nitrogens with zero attached hydrogens (tertiary/aromatic N) is 2. The maximum absolute atomic E-state index is 11.5. The number of fused-ring (bicyclic) bond motifs is 1. The summed E-state index contributed by atoms with van der Waals surface area (Å²) in [5, 5.41) is 9.84. The van der Waals surface area contributed by atoms with E-state index in [1.165, 1.54) is 0 Å². The molecule has 2 rings (SSSR count). The Labute approximate surface area is 118 Å². The van der Waals surface area contributed by atoms with Crippen molar-refractivity contribution in [1.82, 2.24) is 4.98 Å². The Kier molecular flexibility index (Phi) is 4.97. The fourth-order valence-electron chi connectivity index (χ4n) is 2.15. The quantitative estimate of drug-likeness (QED) is 0.643. The Morgan fingerprint density at radius 1 is 1.60 bits per heavy atom. The third kappa shape index (κ3) is 3.49. The van der Waals surface area contributed by atoms with E-state index < -0.39 is 7.05 Å². The predicted molar refractivity (Wildman–Crippen MR) is 75.4 cm³/mol. The van der Waals surface area contributed by atoms with E-state index in [9.17, 15) is 9.82 Å². The number of rotatable bonds is 4. The van der Waals surface area contributed by atoms with Crippen LogP contribution in [0.4, 0.5) is 5.82 Å². The lowest BCUT2D eigenvalue weighted by molar-refractivity contribution is -0.142. The first-order valence-corrected chi connectivity index (χ1v) is 6.78. The summed E-state index contributed by atoms with van der Waals surface area (Å²) in [5.74, 6) is 0.382. The van der Waals surface area contributed by atoms with E-state index in [0.717, 1.165) is 5.56 Å². The van der Waals surface area contributed by atoms with Gasteiger partial charge in [-0.15, -0.1) is 0 Å². The first-order valence-electron chi connectivity index (χ1n) is 6.78. The van der Waals surface area contributed by atoms with Gasteiger partial charge in [0.2, 0.25) is 0 Å². The van der Waals surface area contributed by atoms with E-state index in [1.54, 1.807) is 24.6 Å². The monoisotopic (exact) mass is 278 g/mol. The number of anilines is 1. The molecule has 20 heavy (non-hydrogen) atoms. The van der Waals surface area contributed by atoms with E-state index >= 15 is 0 Å². The molecule has 1 aliphatic heterocycles. The van der Waals surface area contributed by atoms with Crippen molar-refractivity contribution in [2.45, 2.75) is 26.8 Å². The standard InChI is InChI=1S/C13H19BN2O4/c1-3-20-12(17)8-11-5-4-10-9-19-7-6-16(14(2)18)13(10)15-11/h4-5,18H,3,6-9H2,1-2H3. The summed E-state index contributed by atoms with van der Waals surface area (Å²) in [5.41, 5.74) is 1.55. The van der Waals surface area contributed by atoms with Crippen molar-refractivity contribution in [2.75, 3.05) is 24.6 Å².